The van der Waals surface area contributed by atoms with Gasteiger partial charge in [-0.3, -0.25) is 9.59 Å². The summed E-state index contributed by atoms with van der Waals surface area (Å²) in [4.78, 5) is 25.1. The number of hydrogen-bond donors (Lipinski definition) is 2. The molecule has 0 bridgehead atoms. The van der Waals surface area contributed by atoms with Crippen molar-refractivity contribution in [1.82, 2.24) is 0 Å². The number of carbonyl (C=O) groups is 2. The summed E-state index contributed by atoms with van der Waals surface area (Å²) >= 11 is 1.50. The Bertz CT molecular complexity index is 762. The highest BCUT2D eigenvalue weighted by Crippen LogP contribution is 2.38. The lowest BCUT2D eigenvalue weighted by molar-refractivity contribution is -0.116. The van der Waals surface area contributed by atoms with Crippen molar-refractivity contribution >= 4 is 28.2 Å². The fraction of sp³-hybridized carbons (Fsp3) is 0.368. The normalized spacial score (nSPS) is 12.9. The molecule has 0 atom stereocenters. The van der Waals surface area contributed by atoms with E-state index in [4.69, 9.17) is 5.73 Å². The van der Waals surface area contributed by atoms with Crippen LogP contribution in [0.5, 0.6) is 0 Å². The van der Waals surface area contributed by atoms with Crippen LogP contribution in [0.1, 0.15) is 51.2 Å². The van der Waals surface area contributed by atoms with Gasteiger partial charge in [-0.1, -0.05) is 29.8 Å². The van der Waals surface area contributed by atoms with E-state index in [1.165, 1.54) is 27.3 Å². The first-order valence-corrected chi connectivity index (χ1v) is 9.16. The van der Waals surface area contributed by atoms with Crippen LogP contribution in [0, 0.1) is 6.92 Å². The molecule has 1 aromatic carbocycles. The minimum absolute atomic E-state index is 0.0514. The van der Waals surface area contributed by atoms with Gasteiger partial charge in [0.25, 0.3) is 5.91 Å². The fourth-order valence-electron chi connectivity index (χ4n) is 3.15. The Morgan fingerprint density at radius 3 is 2.67 bits per heavy atom. The van der Waals surface area contributed by atoms with Gasteiger partial charge < -0.3 is 11.1 Å². The first-order valence-electron chi connectivity index (χ1n) is 8.34. The number of primary amides is 1. The molecular weight excluding hydrogens is 320 g/mol. The highest BCUT2D eigenvalue weighted by Gasteiger charge is 2.25. The van der Waals surface area contributed by atoms with Crippen LogP contribution in [0.25, 0.3) is 0 Å². The molecule has 24 heavy (non-hydrogen) atoms. The Morgan fingerprint density at radius 2 is 1.96 bits per heavy atom. The maximum atomic E-state index is 12.2. The molecule has 126 valence electrons. The van der Waals surface area contributed by atoms with E-state index in [9.17, 15) is 9.59 Å². The molecule has 1 aromatic heterocycles. The van der Waals surface area contributed by atoms with Crippen molar-refractivity contribution in [3.8, 4) is 0 Å². The SMILES string of the molecule is Cc1ccc(CCCC(=O)Nc2sc3c(c2C(N)=O)CCC3)cc1. The van der Waals surface area contributed by atoms with Crippen LogP contribution in [0.3, 0.4) is 0 Å². The first-order chi connectivity index (χ1) is 11.5. The van der Waals surface area contributed by atoms with Gasteiger partial charge in [-0.05, 0) is 50.2 Å². The zero-order chi connectivity index (χ0) is 17.1. The summed E-state index contributed by atoms with van der Waals surface area (Å²) in [6.07, 6.45) is 5.01. The second-order valence-corrected chi connectivity index (χ2v) is 7.42. The number of hydrogen-bond acceptors (Lipinski definition) is 3. The maximum absolute atomic E-state index is 12.2. The lowest BCUT2D eigenvalue weighted by atomic mass is 10.1. The van der Waals surface area contributed by atoms with Crippen LogP contribution in [0.4, 0.5) is 5.00 Å². The van der Waals surface area contributed by atoms with E-state index < -0.39 is 5.91 Å². The van der Waals surface area contributed by atoms with E-state index in [0.29, 0.717) is 17.0 Å². The van der Waals surface area contributed by atoms with E-state index >= 15 is 0 Å². The Labute approximate surface area is 146 Å². The van der Waals surface area contributed by atoms with Gasteiger partial charge in [-0.15, -0.1) is 11.3 Å². The predicted octanol–water partition coefficient (Wildman–Crippen LogP) is 3.61. The van der Waals surface area contributed by atoms with E-state index in [2.05, 4.69) is 36.5 Å². The lowest BCUT2D eigenvalue weighted by Gasteiger charge is -2.06. The Hall–Kier alpha value is -2.14. The second-order valence-electron chi connectivity index (χ2n) is 6.31. The number of amides is 2. The lowest BCUT2D eigenvalue weighted by Crippen LogP contribution is -2.17. The van der Waals surface area contributed by atoms with Gasteiger partial charge in [0.1, 0.15) is 5.00 Å². The third kappa shape index (κ3) is 3.67. The summed E-state index contributed by atoms with van der Waals surface area (Å²) in [5, 5.41) is 3.53. The summed E-state index contributed by atoms with van der Waals surface area (Å²) in [5.74, 6) is -0.492. The zero-order valence-corrected chi connectivity index (χ0v) is 14.7. The monoisotopic (exact) mass is 342 g/mol. The number of nitrogens with two attached hydrogens (primary N) is 1. The summed E-state index contributed by atoms with van der Waals surface area (Å²) in [5.41, 5.74) is 9.56. The van der Waals surface area contributed by atoms with Crippen molar-refractivity contribution in [2.75, 3.05) is 5.32 Å². The number of benzene rings is 1. The number of nitrogens with one attached hydrogen (secondary N) is 1. The third-order valence-electron chi connectivity index (χ3n) is 4.41. The average molecular weight is 342 g/mol. The molecule has 2 amide bonds. The average Bonchev–Trinajstić information content (AvgIpc) is 3.09. The quantitative estimate of drug-likeness (QED) is 0.842. The number of thiophene rings is 1. The Morgan fingerprint density at radius 1 is 1.21 bits per heavy atom. The Kier molecular flexibility index (Phi) is 5.00. The number of aryl methyl sites for hydroxylation is 3. The Balaban J connectivity index is 1.57. The largest absolute Gasteiger partial charge is 0.365 e. The second kappa shape index (κ2) is 7.18. The van der Waals surface area contributed by atoms with Crippen LogP contribution >= 0.6 is 11.3 Å². The van der Waals surface area contributed by atoms with Gasteiger partial charge in [0.2, 0.25) is 5.91 Å². The van der Waals surface area contributed by atoms with Gasteiger partial charge >= 0.3 is 0 Å². The maximum Gasteiger partial charge on any atom is 0.251 e. The molecule has 3 rings (SSSR count). The van der Waals surface area contributed by atoms with Crippen molar-refractivity contribution in [2.45, 2.75) is 45.4 Å². The van der Waals surface area contributed by atoms with Gasteiger partial charge in [0, 0.05) is 11.3 Å². The number of carbonyl (C=O) groups excluding carboxylic acids is 2. The molecule has 5 heteroatoms. The number of anilines is 1. The van der Waals surface area contributed by atoms with E-state index in [1.807, 2.05) is 0 Å². The van der Waals surface area contributed by atoms with E-state index in [1.54, 1.807) is 0 Å². The van der Waals surface area contributed by atoms with Gasteiger partial charge in [0.15, 0.2) is 0 Å². The summed E-state index contributed by atoms with van der Waals surface area (Å²) in [6.45, 7) is 2.06. The zero-order valence-electron chi connectivity index (χ0n) is 13.9. The van der Waals surface area contributed by atoms with E-state index in [-0.39, 0.29) is 5.91 Å². The van der Waals surface area contributed by atoms with Crippen LogP contribution in [0.15, 0.2) is 24.3 Å². The molecule has 0 fully saturated rings. The van der Waals surface area contributed by atoms with Crippen LogP contribution in [-0.2, 0) is 24.1 Å². The van der Waals surface area contributed by atoms with Gasteiger partial charge in [-0.2, -0.15) is 0 Å². The third-order valence-corrected chi connectivity index (χ3v) is 5.62. The molecular formula is C19H22N2O2S. The van der Waals surface area contributed by atoms with Gasteiger partial charge in [-0.25, -0.2) is 0 Å². The molecule has 0 saturated heterocycles. The van der Waals surface area contributed by atoms with Crippen molar-refractivity contribution in [3.05, 3.63) is 51.4 Å². The van der Waals surface area contributed by atoms with Crippen LogP contribution in [-0.4, -0.2) is 11.8 Å². The molecule has 2 aromatic rings. The minimum Gasteiger partial charge on any atom is -0.365 e. The molecule has 0 unspecified atom stereocenters. The molecule has 0 spiro atoms. The highest BCUT2D eigenvalue weighted by atomic mass is 32.1. The summed E-state index contributed by atoms with van der Waals surface area (Å²) < 4.78 is 0. The minimum atomic E-state index is -0.440. The molecule has 1 aliphatic rings. The summed E-state index contributed by atoms with van der Waals surface area (Å²) in [6, 6.07) is 8.37. The van der Waals surface area contributed by atoms with E-state index in [0.717, 1.165) is 37.7 Å². The molecule has 0 saturated carbocycles. The molecule has 3 N–H and O–H groups in total. The molecule has 1 heterocycles. The predicted molar refractivity (Wildman–Crippen MR) is 97.6 cm³/mol. The molecule has 1 aliphatic carbocycles. The smallest absolute Gasteiger partial charge is 0.251 e. The van der Waals surface area contributed by atoms with Crippen molar-refractivity contribution < 1.29 is 9.59 Å². The van der Waals surface area contributed by atoms with Gasteiger partial charge in [0.05, 0.1) is 5.56 Å². The summed E-state index contributed by atoms with van der Waals surface area (Å²) in [7, 11) is 0. The number of fused-ring (bicyclic) bond motifs is 1. The van der Waals surface area contributed by atoms with Crippen molar-refractivity contribution in [2.24, 2.45) is 5.73 Å². The van der Waals surface area contributed by atoms with Crippen LogP contribution < -0.4 is 11.1 Å². The first kappa shape index (κ1) is 16.7. The standard InChI is InChI=1S/C19H22N2O2S/c1-12-8-10-13(11-9-12)4-2-7-16(22)21-19-17(18(20)23)14-5-3-6-15(14)24-19/h8-11H,2-7H2,1H3,(H2,20,23)(H,21,22). The number of rotatable bonds is 6. The fourth-order valence-corrected chi connectivity index (χ4v) is 4.46. The molecule has 0 aliphatic heterocycles. The highest BCUT2D eigenvalue weighted by molar-refractivity contribution is 7.17. The molecule has 0 radical (unpaired) electrons. The van der Waals surface area contributed by atoms with Crippen LogP contribution in [0.2, 0.25) is 0 Å². The van der Waals surface area contributed by atoms with Crippen molar-refractivity contribution in [1.29, 1.82) is 0 Å². The topological polar surface area (TPSA) is 72.2 Å². The molecule has 4 nitrogen and oxygen atoms in total. The van der Waals surface area contributed by atoms with Crippen molar-refractivity contribution in [3.63, 3.8) is 0 Å².